The lowest BCUT2D eigenvalue weighted by molar-refractivity contribution is 0.594. The van der Waals surface area contributed by atoms with Crippen LogP contribution in [0.2, 0.25) is 0 Å². The molecule has 0 amide bonds. The minimum atomic E-state index is 0.526. The lowest BCUT2D eigenvalue weighted by Crippen LogP contribution is -2.14. The number of imidazole rings is 1. The number of fused-ring (bicyclic) bond motifs is 1. The van der Waals surface area contributed by atoms with Crippen LogP contribution in [0.3, 0.4) is 0 Å². The predicted octanol–water partition coefficient (Wildman–Crippen LogP) is 4.64. The molecule has 0 aliphatic heterocycles. The summed E-state index contributed by atoms with van der Waals surface area (Å²) in [6.07, 6.45) is 6.55. The molecule has 1 heterocycles. The van der Waals surface area contributed by atoms with Gasteiger partial charge in [0.15, 0.2) is 0 Å². The van der Waals surface area contributed by atoms with Crippen molar-refractivity contribution >= 4 is 16.7 Å². The summed E-state index contributed by atoms with van der Waals surface area (Å²) in [4.78, 5) is 7.70. The number of aromatic nitrogens is 2. The van der Waals surface area contributed by atoms with Gasteiger partial charge in [0.2, 0.25) is 0 Å². The number of H-pyrrole nitrogens is 1. The number of aromatic amines is 1. The summed E-state index contributed by atoms with van der Waals surface area (Å²) in [6.45, 7) is 6.50. The minimum Gasteiger partial charge on any atom is -0.383 e. The van der Waals surface area contributed by atoms with Crippen LogP contribution in [0, 0.1) is 6.92 Å². The van der Waals surface area contributed by atoms with Gasteiger partial charge in [-0.1, -0.05) is 32.6 Å². The second-order valence-electron chi connectivity index (χ2n) is 5.45. The molecule has 0 radical (unpaired) electrons. The summed E-state index contributed by atoms with van der Waals surface area (Å²) in [7, 11) is 0. The fraction of sp³-hybridized carbons (Fsp3) is 0.562. The highest BCUT2D eigenvalue weighted by Crippen LogP contribution is 2.18. The Balaban J connectivity index is 1.89. The van der Waals surface area contributed by atoms with Crippen LogP contribution < -0.4 is 5.32 Å². The third kappa shape index (κ3) is 3.98. The van der Waals surface area contributed by atoms with Crippen molar-refractivity contribution in [3.63, 3.8) is 0 Å². The van der Waals surface area contributed by atoms with Crippen LogP contribution in [0.5, 0.6) is 0 Å². The quantitative estimate of drug-likeness (QED) is 0.711. The van der Waals surface area contributed by atoms with Crippen molar-refractivity contribution in [3.05, 3.63) is 24.0 Å². The predicted molar refractivity (Wildman–Crippen MR) is 82.7 cm³/mol. The van der Waals surface area contributed by atoms with Crippen molar-refractivity contribution in [2.75, 3.05) is 5.32 Å². The van der Waals surface area contributed by atoms with E-state index in [0.29, 0.717) is 6.04 Å². The number of anilines is 1. The Kier molecular flexibility index (Phi) is 4.83. The number of hydrogen-bond donors (Lipinski definition) is 2. The van der Waals surface area contributed by atoms with Crippen LogP contribution in [0.1, 0.15) is 51.8 Å². The monoisotopic (exact) mass is 259 g/mol. The molecule has 0 spiro atoms. The van der Waals surface area contributed by atoms with E-state index in [9.17, 15) is 0 Å². The number of nitrogens with zero attached hydrogens (tertiary/aromatic N) is 1. The first-order chi connectivity index (χ1) is 9.19. The average molecular weight is 259 g/mol. The molecule has 2 N–H and O–H groups in total. The standard InChI is InChI=1S/C16H25N3/c1-4-5-6-7-8-12(2)17-14-9-10-15-16(11-14)19-13(3)18-15/h9-12,17H,4-8H2,1-3H3,(H,18,19). The third-order valence-electron chi connectivity index (χ3n) is 3.50. The molecule has 1 atom stereocenters. The van der Waals surface area contributed by atoms with Crippen molar-refractivity contribution in [2.45, 2.75) is 58.9 Å². The van der Waals surface area contributed by atoms with E-state index in [4.69, 9.17) is 0 Å². The maximum atomic E-state index is 4.42. The Hall–Kier alpha value is -1.51. The molecule has 0 bridgehead atoms. The van der Waals surface area contributed by atoms with Crippen molar-refractivity contribution in [3.8, 4) is 0 Å². The van der Waals surface area contributed by atoms with E-state index in [0.717, 1.165) is 16.9 Å². The number of unbranched alkanes of at least 4 members (excludes halogenated alkanes) is 3. The smallest absolute Gasteiger partial charge is 0.104 e. The second-order valence-corrected chi connectivity index (χ2v) is 5.45. The normalized spacial score (nSPS) is 12.8. The van der Waals surface area contributed by atoms with Gasteiger partial charge in [-0.05, 0) is 38.5 Å². The summed E-state index contributed by atoms with van der Waals surface area (Å²) in [6, 6.07) is 6.87. The summed E-state index contributed by atoms with van der Waals surface area (Å²) in [5, 5.41) is 3.57. The first-order valence-electron chi connectivity index (χ1n) is 7.42. The molecule has 0 aliphatic rings. The fourth-order valence-corrected chi connectivity index (χ4v) is 2.46. The molecule has 104 valence electrons. The van der Waals surface area contributed by atoms with Gasteiger partial charge >= 0.3 is 0 Å². The number of hydrogen-bond acceptors (Lipinski definition) is 2. The topological polar surface area (TPSA) is 40.7 Å². The molecule has 0 fully saturated rings. The van der Waals surface area contributed by atoms with Crippen LogP contribution in [-0.4, -0.2) is 16.0 Å². The summed E-state index contributed by atoms with van der Waals surface area (Å²) >= 11 is 0. The molecular weight excluding hydrogens is 234 g/mol. The molecule has 3 nitrogen and oxygen atoms in total. The van der Waals surface area contributed by atoms with Gasteiger partial charge in [-0.3, -0.25) is 0 Å². The molecule has 1 aromatic heterocycles. The first-order valence-corrected chi connectivity index (χ1v) is 7.42. The van der Waals surface area contributed by atoms with E-state index in [1.54, 1.807) is 0 Å². The van der Waals surface area contributed by atoms with E-state index >= 15 is 0 Å². The largest absolute Gasteiger partial charge is 0.383 e. The molecule has 0 saturated heterocycles. The van der Waals surface area contributed by atoms with Gasteiger partial charge in [-0.2, -0.15) is 0 Å². The minimum absolute atomic E-state index is 0.526. The molecule has 0 aliphatic carbocycles. The lowest BCUT2D eigenvalue weighted by atomic mass is 10.1. The van der Waals surface area contributed by atoms with Crippen LogP contribution >= 0.6 is 0 Å². The fourth-order valence-electron chi connectivity index (χ4n) is 2.46. The highest BCUT2D eigenvalue weighted by atomic mass is 14.9. The Bertz CT molecular complexity index is 516. The number of benzene rings is 1. The highest BCUT2D eigenvalue weighted by molar-refractivity contribution is 5.79. The molecule has 2 rings (SSSR count). The molecular formula is C16H25N3. The van der Waals surface area contributed by atoms with E-state index in [-0.39, 0.29) is 0 Å². The zero-order valence-electron chi connectivity index (χ0n) is 12.3. The van der Waals surface area contributed by atoms with Gasteiger partial charge in [-0.25, -0.2) is 4.98 Å². The zero-order valence-corrected chi connectivity index (χ0v) is 12.3. The molecule has 2 aromatic rings. The van der Waals surface area contributed by atoms with Gasteiger partial charge in [0, 0.05) is 11.7 Å². The lowest BCUT2D eigenvalue weighted by Gasteiger charge is -2.15. The first kappa shape index (κ1) is 13.9. The highest BCUT2D eigenvalue weighted by Gasteiger charge is 2.04. The van der Waals surface area contributed by atoms with Crippen molar-refractivity contribution < 1.29 is 0 Å². The van der Waals surface area contributed by atoms with E-state index < -0.39 is 0 Å². The summed E-state index contributed by atoms with van der Waals surface area (Å²) < 4.78 is 0. The Morgan fingerprint density at radius 3 is 2.89 bits per heavy atom. The molecule has 19 heavy (non-hydrogen) atoms. The van der Waals surface area contributed by atoms with E-state index in [2.05, 4.69) is 47.3 Å². The molecule has 3 heteroatoms. The van der Waals surface area contributed by atoms with Gasteiger partial charge in [-0.15, -0.1) is 0 Å². The summed E-state index contributed by atoms with van der Waals surface area (Å²) in [5.74, 6) is 0.972. The van der Waals surface area contributed by atoms with Crippen LogP contribution in [0.4, 0.5) is 5.69 Å². The van der Waals surface area contributed by atoms with Gasteiger partial charge in [0.05, 0.1) is 11.0 Å². The number of aryl methyl sites for hydroxylation is 1. The molecule has 0 saturated carbocycles. The second kappa shape index (κ2) is 6.60. The van der Waals surface area contributed by atoms with Gasteiger partial charge in [0.1, 0.15) is 5.82 Å². The number of rotatable bonds is 7. The summed E-state index contributed by atoms with van der Waals surface area (Å²) in [5.41, 5.74) is 3.33. The SMILES string of the molecule is CCCCCCC(C)Nc1ccc2nc(C)[nH]c2c1. The van der Waals surface area contributed by atoms with Crippen LogP contribution in [-0.2, 0) is 0 Å². The van der Waals surface area contributed by atoms with Gasteiger partial charge < -0.3 is 10.3 Å². The van der Waals surface area contributed by atoms with Crippen LogP contribution in [0.25, 0.3) is 11.0 Å². The Morgan fingerprint density at radius 1 is 1.26 bits per heavy atom. The third-order valence-corrected chi connectivity index (χ3v) is 3.50. The molecule has 1 unspecified atom stereocenters. The molecule has 1 aromatic carbocycles. The van der Waals surface area contributed by atoms with E-state index in [1.165, 1.54) is 37.8 Å². The Labute approximate surface area is 115 Å². The maximum Gasteiger partial charge on any atom is 0.104 e. The Morgan fingerprint density at radius 2 is 2.11 bits per heavy atom. The van der Waals surface area contributed by atoms with Crippen molar-refractivity contribution in [1.29, 1.82) is 0 Å². The maximum absolute atomic E-state index is 4.42. The van der Waals surface area contributed by atoms with Crippen molar-refractivity contribution in [1.82, 2.24) is 9.97 Å². The van der Waals surface area contributed by atoms with Crippen LogP contribution in [0.15, 0.2) is 18.2 Å². The number of nitrogens with one attached hydrogen (secondary N) is 2. The van der Waals surface area contributed by atoms with Gasteiger partial charge in [0.25, 0.3) is 0 Å². The average Bonchev–Trinajstić information content (AvgIpc) is 2.74. The van der Waals surface area contributed by atoms with Crippen molar-refractivity contribution in [2.24, 2.45) is 0 Å². The zero-order chi connectivity index (χ0) is 13.7. The van der Waals surface area contributed by atoms with E-state index in [1.807, 2.05) is 6.92 Å².